The van der Waals surface area contributed by atoms with Crippen LogP contribution in [0, 0.1) is 13.8 Å². The summed E-state index contributed by atoms with van der Waals surface area (Å²) in [6, 6.07) is 0. The molecular formula is C16H23N3O2S. The van der Waals surface area contributed by atoms with E-state index in [1.165, 1.54) is 0 Å². The van der Waals surface area contributed by atoms with Gasteiger partial charge in [-0.1, -0.05) is 13.0 Å². The third-order valence-electron chi connectivity index (χ3n) is 3.79. The number of nitrogens with zero attached hydrogens (tertiary/aromatic N) is 2. The molecule has 0 aliphatic carbocycles. The van der Waals surface area contributed by atoms with E-state index >= 15 is 0 Å². The molecule has 0 fully saturated rings. The first kappa shape index (κ1) is 16.9. The van der Waals surface area contributed by atoms with Gasteiger partial charge in [-0.2, -0.15) is 0 Å². The minimum absolute atomic E-state index is 0.0866. The lowest BCUT2D eigenvalue weighted by molar-refractivity contribution is 0.111. The smallest absolute Gasteiger partial charge is 0.259 e. The van der Waals surface area contributed by atoms with Gasteiger partial charge in [-0.05, 0) is 25.8 Å². The summed E-state index contributed by atoms with van der Waals surface area (Å²) in [5.74, 6) is 0.629. The number of aliphatic hydroxyl groups excluding tert-OH is 1. The van der Waals surface area contributed by atoms with E-state index in [0.29, 0.717) is 37.3 Å². The van der Waals surface area contributed by atoms with Crippen LogP contribution < -0.4 is 5.56 Å². The minimum atomic E-state index is -0.387. The fourth-order valence-electron chi connectivity index (χ4n) is 2.40. The fourth-order valence-corrected chi connectivity index (χ4v) is 3.45. The SMILES string of the molecule is C=CCN(Cc1nc2sc(C)c(C)c2c(=O)[nH]1)CC(O)CC. The molecule has 1 atom stereocenters. The maximum absolute atomic E-state index is 12.3. The molecule has 0 aromatic carbocycles. The van der Waals surface area contributed by atoms with Gasteiger partial charge in [0.2, 0.25) is 0 Å². The van der Waals surface area contributed by atoms with Gasteiger partial charge in [0.05, 0.1) is 18.0 Å². The second kappa shape index (κ2) is 7.17. The van der Waals surface area contributed by atoms with Gasteiger partial charge in [-0.15, -0.1) is 17.9 Å². The van der Waals surface area contributed by atoms with Crippen LogP contribution in [0.2, 0.25) is 0 Å². The van der Waals surface area contributed by atoms with Crippen LogP contribution in [-0.4, -0.2) is 39.2 Å². The number of aliphatic hydroxyl groups is 1. The van der Waals surface area contributed by atoms with Crippen LogP contribution >= 0.6 is 11.3 Å². The molecule has 2 heterocycles. The summed E-state index contributed by atoms with van der Waals surface area (Å²) in [6.07, 6.45) is 2.10. The molecule has 1 unspecified atom stereocenters. The Morgan fingerprint density at radius 3 is 2.86 bits per heavy atom. The molecule has 0 amide bonds. The van der Waals surface area contributed by atoms with E-state index in [0.717, 1.165) is 15.3 Å². The van der Waals surface area contributed by atoms with Gasteiger partial charge in [-0.25, -0.2) is 4.98 Å². The van der Waals surface area contributed by atoms with Gasteiger partial charge in [0.15, 0.2) is 0 Å². The first-order valence-electron chi connectivity index (χ1n) is 7.46. The topological polar surface area (TPSA) is 69.2 Å². The van der Waals surface area contributed by atoms with Crippen molar-refractivity contribution in [1.82, 2.24) is 14.9 Å². The lowest BCUT2D eigenvalue weighted by Gasteiger charge is -2.22. The number of thiophene rings is 1. The van der Waals surface area contributed by atoms with Gasteiger partial charge in [0, 0.05) is 18.0 Å². The van der Waals surface area contributed by atoms with E-state index in [1.54, 1.807) is 17.4 Å². The third-order valence-corrected chi connectivity index (χ3v) is 4.89. The summed E-state index contributed by atoms with van der Waals surface area (Å²) >= 11 is 1.55. The molecule has 2 aromatic heterocycles. The van der Waals surface area contributed by atoms with Gasteiger partial charge >= 0.3 is 0 Å². The average molecular weight is 321 g/mol. The lowest BCUT2D eigenvalue weighted by atomic mass is 10.2. The zero-order valence-corrected chi connectivity index (χ0v) is 14.2. The summed E-state index contributed by atoms with van der Waals surface area (Å²) in [6.45, 7) is 11.3. The highest BCUT2D eigenvalue weighted by atomic mass is 32.1. The Kier molecular flexibility index (Phi) is 5.50. The number of aryl methyl sites for hydroxylation is 2. The first-order valence-corrected chi connectivity index (χ1v) is 8.28. The summed E-state index contributed by atoms with van der Waals surface area (Å²) in [5.41, 5.74) is 0.918. The van der Waals surface area contributed by atoms with Crippen LogP contribution in [0.15, 0.2) is 17.4 Å². The second-order valence-electron chi connectivity index (χ2n) is 5.52. The summed E-state index contributed by atoms with van der Waals surface area (Å²) in [7, 11) is 0. The Morgan fingerprint density at radius 2 is 2.23 bits per heavy atom. The first-order chi connectivity index (χ1) is 10.5. The molecule has 0 radical (unpaired) electrons. The number of hydrogen-bond donors (Lipinski definition) is 2. The molecule has 0 spiro atoms. The van der Waals surface area contributed by atoms with E-state index in [9.17, 15) is 9.90 Å². The zero-order chi connectivity index (χ0) is 16.3. The number of nitrogens with one attached hydrogen (secondary N) is 1. The van der Waals surface area contributed by atoms with Crippen molar-refractivity contribution >= 4 is 21.6 Å². The normalized spacial score (nSPS) is 13.0. The van der Waals surface area contributed by atoms with E-state index in [-0.39, 0.29) is 11.7 Å². The van der Waals surface area contributed by atoms with E-state index in [1.807, 2.05) is 25.7 Å². The van der Waals surface area contributed by atoms with Gasteiger partial charge in [-0.3, -0.25) is 9.69 Å². The van der Waals surface area contributed by atoms with Crippen LogP contribution in [-0.2, 0) is 6.54 Å². The Bertz CT molecular complexity index is 720. The molecule has 0 aliphatic heterocycles. The van der Waals surface area contributed by atoms with Crippen molar-refractivity contribution in [3.63, 3.8) is 0 Å². The molecule has 0 bridgehead atoms. The molecule has 0 saturated carbocycles. The highest BCUT2D eigenvalue weighted by molar-refractivity contribution is 7.18. The predicted molar refractivity (Wildman–Crippen MR) is 91.5 cm³/mol. The summed E-state index contributed by atoms with van der Waals surface area (Å²) < 4.78 is 0. The Hall–Kier alpha value is -1.50. The fraction of sp³-hybridized carbons (Fsp3) is 0.500. The maximum Gasteiger partial charge on any atom is 0.259 e. The third kappa shape index (κ3) is 3.63. The van der Waals surface area contributed by atoms with Gasteiger partial charge in [0.25, 0.3) is 5.56 Å². The number of aromatic nitrogens is 2. The summed E-state index contributed by atoms with van der Waals surface area (Å²) in [4.78, 5) is 23.6. The number of aromatic amines is 1. The lowest BCUT2D eigenvalue weighted by Crippen LogP contribution is -2.33. The maximum atomic E-state index is 12.3. The average Bonchev–Trinajstić information content (AvgIpc) is 2.74. The number of H-pyrrole nitrogens is 1. The second-order valence-corrected chi connectivity index (χ2v) is 6.72. The predicted octanol–water partition coefficient (Wildman–Crippen LogP) is 2.36. The van der Waals surface area contributed by atoms with Crippen LogP contribution in [0.25, 0.3) is 10.2 Å². The van der Waals surface area contributed by atoms with Crippen molar-refractivity contribution in [3.8, 4) is 0 Å². The van der Waals surface area contributed by atoms with Crippen molar-refractivity contribution in [1.29, 1.82) is 0 Å². The molecule has 5 nitrogen and oxygen atoms in total. The zero-order valence-electron chi connectivity index (χ0n) is 13.3. The van der Waals surface area contributed by atoms with Crippen molar-refractivity contribution in [2.75, 3.05) is 13.1 Å². The van der Waals surface area contributed by atoms with Crippen LogP contribution in [0.3, 0.4) is 0 Å². The standard InChI is InChI=1S/C16H23N3O2S/c1-5-7-19(8-12(20)6-2)9-13-17-15(21)14-10(3)11(4)22-16(14)18-13/h5,12,20H,1,6-9H2,2-4H3,(H,17,18,21). The molecule has 0 saturated heterocycles. The minimum Gasteiger partial charge on any atom is -0.392 e. The van der Waals surface area contributed by atoms with Gasteiger partial charge < -0.3 is 10.1 Å². The van der Waals surface area contributed by atoms with Crippen molar-refractivity contribution in [2.24, 2.45) is 0 Å². The molecule has 120 valence electrons. The van der Waals surface area contributed by atoms with Crippen LogP contribution in [0.1, 0.15) is 29.6 Å². The number of fused-ring (bicyclic) bond motifs is 1. The molecule has 2 N–H and O–H groups in total. The molecule has 6 heteroatoms. The molecular weight excluding hydrogens is 298 g/mol. The van der Waals surface area contributed by atoms with Crippen molar-refractivity contribution < 1.29 is 5.11 Å². The van der Waals surface area contributed by atoms with Crippen molar-refractivity contribution in [3.05, 3.63) is 39.3 Å². The quantitative estimate of drug-likeness (QED) is 0.768. The van der Waals surface area contributed by atoms with E-state index in [4.69, 9.17) is 0 Å². The Labute approximate surface area is 134 Å². The number of rotatable bonds is 7. The monoisotopic (exact) mass is 321 g/mol. The molecule has 2 rings (SSSR count). The molecule has 22 heavy (non-hydrogen) atoms. The van der Waals surface area contributed by atoms with Crippen LogP contribution in [0.5, 0.6) is 0 Å². The van der Waals surface area contributed by atoms with E-state index < -0.39 is 0 Å². The highest BCUT2D eigenvalue weighted by Gasteiger charge is 2.15. The molecule has 2 aromatic rings. The Morgan fingerprint density at radius 1 is 1.50 bits per heavy atom. The molecule has 0 aliphatic rings. The van der Waals surface area contributed by atoms with Gasteiger partial charge in [0.1, 0.15) is 10.7 Å². The largest absolute Gasteiger partial charge is 0.392 e. The van der Waals surface area contributed by atoms with E-state index in [2.05, 4.69) is 16.5 Å². The summed E-state index contributed by atoms with van der Waals surface area (Å²) in [5, 5.41) is 10.5. The highest BCUT2D eigenvalue weighted by Crippen LogP contribution is 2.25. The Balaban J connectivity index is 2.29. The number of hydrogen-bond acceptors (Lipinski definition) is 5. The van der Waals surface area contributed by atoms with Crippen LogP contribution in [0.4, 0.5) is 0 Å². The van der Waals surface area contributed by atoms with Crippen molar-refractivity contribution in [2.45, 2.75) is 39.8 Å².